The number of benzene rings is 1. The molecule has 0 radical (unpaired) electrons. The molecule has 0 fully saturated rings. The number of aliphatic carboxylic acids is 1. The lowest BCUT2D eigenvalue weighted by Gasteiger charge is -2.22. The van der Waals surface area contributed by atoms with E-state index in [1.165, 1.54) is 23.1 Å². The maximum absolute atomic E-state index is 13.7. The quantitative estimate of drug-likeness (QED) is 0.711. The third-order valence-electron chi connectivity index (χ3n) is 3.27. The number of hydrogen-bond acceptors (Lipinski definition) is 2. The van der Waals surface area contributed by atoms with Crippen molar-refractivity contribution in [2.45, 2.75) is 39.0 Å². The molecule has 0 aliphatic heterocycles. The van der Waals surface area contributed by atoms with Crippen molar-refractivity contribution in [2.75, 3.05) is 13.1 Å². The van der Waals surface area contributed by atoms with Gasteiger partial charge >= 0.3 is 5.97 Å². The Kier molecular flexibility index (Phi) is 7.43. The van der Waals surface area contributed by atoms with Gasteiger partial charge in [-0.1, -0.05) is 38.3 Å². The second kappa shape index (κ2) is 9.10. The molecule has 21 heavy (non-hydrogen) atoms. The Labute approximate surface area is 124 Å². The summed E-state index contributed by atoms with van der Waals surface area (Å²) in [6, 6.07) is 5.79. The van der Waals surface area contributed by atoms with Crippen molar-refractivity contribution in [3.05, 3.63) is 35.6 Å². The molecule has 1 aromatic rings. The van der Waals surface area contributed by atoms with Gasteiger partial charge in [0.25, 0.3) is 5.91 Å². The van der Waals surface area contributed by atoms with Crippen LogP contribution < -0.4 is 0 Å². The number of hydrogen-bond donors (Lipinski definition) is 1. The van der Waals surface area contributed by atoms with E-state index in [2.05, 4.69) is 6.92 Å². The van der Waals surface area contributed by atoms with Gasteiger partial charge in [-0.25, -0.2) is 4.39 Å². The third-order valence-corrected chi connectivity index (χ3v) is 3.27. The number of carbonyl (C=O) groups excluding carboxylic acids is 1. The average molecular weight is 295 g/mol. The molecule has 1 aromatic carbocycles. The Morgan fingerprint density at radius 1 is 1.14 bits per heavy atom. The molecular weight excluding hydrogens is 273 g/mol. The largest absolute Gasteiger partial charge is 0.481 e. The van der Waals surface area contributed by atoms with Crippen LogP contribution in [0.5, 0.6) is 0 Å². The minimum absolute atomic E-state index is 0.00150. The monoisotopic (exact) mass is 295 g/mol. The summed E-state index contributed by atoms with van der Waals surface area (Å²) in [6.07, 6.45) is 3.79. The van der Waals surface area contributed by atoms with Gasteiger partial charge in [0, 0.05) is 13.1 Å². The number of nitrogens with zero attached hydrogens (tertiary/aromatic N) is 1. The Bertz CT molecular complexity index is 476. The van der Waals surface area contributed by atoms with Crippen molar-refractivity contribution in [2.24, 2.45) is 0 Å². The van der Waals surface area contributed by atoms with Crippen molar-refractivity contribution in [1.29, 1.82) is 0 Å². The fourth-order valence-electron chi connectivity index (χ4n) is 2.08. The SMILES string of the molecule is CCCCCCN(CCC(=O)O)C(=O)c1ccccc1F. The first-order valence-corrected chi connectivity index (χ1v) is 7.31. The van der Waals surface area contributed by atoms with Crippen LogP contribution in [0.1, 0.15) is 49.4 Å². The molecule has 0 saturated carbocycles. The van der Waals surface area contributed by atoms with Crippen molar-refractivity contribution in [3.63, 3.8) is 0 Å². The van der Waals surface area contributed by atoms with Gasteiger partial charge in [-0.05, 0) is 18.6 Å². The molecule has 116 valence electrons. The average Bonchev–Trinajstić information content (AvgIpc) is 2.46. The second-order valence-electron chi connectivity index (χ2n) is 4.98. The normalized spacial score (nSPS) is 10.4. The van der Waals surface area contributed by atoms with E-state index in [0.717, 1.165) is 25.7 Å². The van der Waals surface area contributed by atoms with Gasteiger partial charge in [0.05, 0.1) is 12.0 Å². The first kappa shape index (κ1) is 17.1. The van der Waals surface area contributed by atoms with E-state index in [-0.39, 0.29) is 18.5 Å². The van der Waals surface area contributed by atoms with Gasteiger partial charge in [-0.3, -0.25) is 9.59 Å². The number of carboxylic acids is 1. The highest BCUT2D eigenvalue weighted by atomic mass is 19.1. The lowest BCUT2D eigenvalue weighted by molar-refractivity contribution is -0.137. The van der Waals surface area contributed by atoms with E-state index >= 15 is 0 Å². The Balaban J connectivity index is 2.71. The van der Waals surface area contributed by atoms with Crippen LogP contribution in [0.25, 0.3) is 0 Å². The van der Waals surface area contributed by atoms with Crippen LogP contribution in [0.2, 0.25) is 0 Å². The van der Waals surface area contributed by atoms with Crippen LogP contribution in [0.4, 0.5) is 4.39 Å². The van der Waals surface area contributed by atoms with Crippen LogP contribution in [0.15, 0.2) is 24.3 Å². The summed E-state index contributed by atoms with van der Waals surface area (Å²) < 4.78 is 13.7. The molecule has 4 nitrogen and oxygen atoms in total. The molecule has 0 spiro atoms. The summed E-state index contributed by atoms with van der Waals surface area (Å²) in [7, 11) is 0. The van der Waals surface area contributed by atoms with E-state index in [1.54, 1.807) is 6.07 Å². The molecule has 0 aliphatic carbocycles. The summed E-state index contributed by atoms with van der Waals surface area (Å²) in [5.41, 5.74) is -0.00150. The summed E-state index contributed by atoms with van der Waals surface area (Å²) in [6.45, 7) is 2.65. The minimum Gasteiger partial charge on any atom is -0.481 e. The van der Waals surface area contributed by atoms with Gasteiger partial charge in [0.15, 0.2) is 0 Å². The maximum Gasteiger partial charge on any atom is 0.305 e. The number of halogens is 1. The molecule has 0 heterocycles. The number of amides is 1. The van der Waals surface area contributed by atoms with Gasteiger partial charge in [0.1, 0.15) is 5.82 Å². The van der Waals surface area contributed by atoms with E-state index in [1.807, 2.05) is 0 Å². The predicted molar refractivity (Wildman–Crippen MR) is 78.7 cm³/mol. The third kappa shape index (κ3) is 5.94. The zero-order valence-electron chi connectivity index (χ0n) is 12.3. The summed E-state index contributed by atoms with van der Waals surface area (Å²) >= 11 is 0. The van der Waals surface area contributed by atoms with Crippen LogP contribution in [-0.2, 0) is 4.79 Å². The van der Waals surface area contributed by atoms with E-state index in [4.69, 9.17) is 5.11 Å². The van der Waals surface area contributed by atoms with Gasteiger partial charge < -0.3 is 10.0 Å². The molecule has 0 bridgehead atoms. The molecule has 0 unspecified atom stereocenters. The number of rotatable bonds is 9. The maximum atomic E-state index is 13.7. The van der Waals surface area contributed by atoms with Crippen LogP contribution in [0, 0.1) is 5.82 Å². The molecule has 1 N–H and O–H groups in total. The molecule has 0 aliphatic rings. The van der Waals surface area contributed by atoms with Gasteiger partial charge in [0.2, 0.25) is 0 Å². The Morgan fingerprint density at radius 2 is 1.86 bits per heavy atom. The number of carbonyl (C=O) groups is 2. The lowest BCUT2D eigenvalue weighted by atomic mass is 10.1. The second-order valence-corrected chi connectivity index (χ2v) is 4.98. The van der Waals surface area contributed by atoms with Crippen LogP contribution >= 0.6 is 0 Å². The molecular formula is C16H22FNO3. The van der Waals surface area contributed by atoms with Crippen molar-refractivity contribution < 1.29 is 19.1 Å². The number of unbranched alkanes of at least 4 members (excludes halogenated alkanes) is 3. The van der Waals surface area contributed by atoms with E-state index in [0.29, 0.717) is 6.54 Å². The van der Waals surface area contributed by atoms with Crippen molar-refractivity contribution in [1.82, 2.24) is 4.90 Å². The topological polar surface area (TPSA) is 57.6 Å². The Morgan fingerprint density at radius 3 is 2.48 bits per heavy atom. The molecule has 0 aromatic heterocycles. The van der Waals surface area contributed by atoms with Crippen LogP contribution in [0.3, 0.4) is 0 Å². The summed E-state index contributed by atoms with van der Waals surface area (Å²) in [4.78, 5) is 24.5. The molecule has 1 amide bonds. The zero-order valence-corrected chi connectivity index (χ0v) is 12.3. The summed E-state index contributed by atoms with van der Waals surface area (Å²) in [5.74, 6) is -1.97. The van der Waals surface area contributed by atoms with Crippen LogP contribution in [-0.4, -0.2) is 35.0 Å². The predicted octanol–water partition coefficient (Wildman–Crippen LogP) is 3.32. The van der Waals surface area contributed by atoms with Crippen molar-refractivity contribution in [3.8, 4) is 0 Å². The summed E-state index contributed by atoms with van der Waals surface area (Å²) in [5, 5.41) is 8.77. The fourth-order valence-corrected chi connectivity index (χ4v) is 2.08. The highest BCUT2D eigenvalue weighted by Crippen LogP contribution is 2.12. The minimum atomic E-state index is -0.963. The molecule has 1 rings (SSSR count). The standard InChI is InChI=1S/C16H22FNO3/c1-2-3-4-7-11-18(12-10-15(19)20)16(21)13-8-5-6-9-14(13)17/h5-6,8-9H,2-4,7,10-12H2,1H3,(H,19,20). The van der Waals surface area contributed by atoms with E-state index < -0.39 is 17.7 Å². The highest BCUT2D eigenvalue weighted by molar-refractivity contribution is 5.94. The molecule has 0 saturated heterocycles. The zero-order chi connectivity index (χ0) is 15.7. The van der Waals surface area contributed by atoms with E-state index in [9.17, 15) is 14.0 Å². The Hall–Kier alpha value is -1.91. The number of carboxylic acid groups (broad SMARTS) is 1. The molecule has 5 heteroatoms. The smallest absolute Gasteiger partial charge is 0.305 e. The lowest BCUT2D eigenvalue weighted by Crippen LogP contribution is -2.34. The highest BCUT2D eigenvalue weighted by Gasteiger charge is 2.19. The van der Waals surface area contributed by atoms with Gasteiger partial charge in [-0.15, -0.1) is 0 Å². The fraction of sp³-hybridized carbons (Fsp3) is 0.500. The first-order valence-electron chi connectivity index (χ1n) is 7.31. The first-order chi connectivity index (χ1) is 10.1. The van der Waals surface area contributed by atoms with Gasteiger partial charge in [-0.2, -0.15) is 0 Å². The van der Waals surface area contributed by atoms with Crippen molar-refractivity contribution >= 4 is 11.9 Å². The molecule has 0 atom stereocenters.